The lowest BCUT2D eigenvalue weighted by molar-refractivity contribution is 0.0728. The van der Waals surface area contributed by atoms with E-state index < -0.39 is 10.0 Å². The summed E-state index contributed by atoms with van der Waals surface area (Å²) in [5, 5.41) is 0.407. The van der Waals surface area contributed by atoms with Crippen LogP contribution >= 0.6 is 23.2 Å². The number of sulfonamides is 1. The standard InChI is InChI=1S/C22H19Cl2N3O3S/c23-20-10-9-19(13-21(20)24)31(29,30)26-16-6-3-4-15(12-16)22(28)27(18-7-8-18)14-17-5-1-2-11-25-17/h1-6,9-13,18,26H,7-8,14H2. The topological polar surface area (TPSA) is 79.4 Å². The summed E-state index contributed by atoms with van der Waals surface area (Å²) in [6.07, 6.45) is 3.59. The van der Waals surface area contributed by atoms with Gasteiger partial charge in [-0.25, -0.2) is 8.42 Å². The summed E-state index contributed by atoms with van der Waals surface area (Å²) in [5.41, 5.74) is 1.49. The second-order valence-corrected chi connectivity index (χ2v) is 9.74. The third-order valence-electron chi connectivity index (χ3n) is 4.87. The zero-order valence-electron chi connectivity index (χ0n) is 16.3. The molecule has 1 N–H and O–H groups in total. The molecular weight excluding hydrogens is 457 g/mol. The zero-order chi connectivity index (χ0) is 22.0. The predicted molar refractivity (Wildman–Crippen MR) is 121 cm³/mol. The first-order valence-electron chi connectivity index (χ1n) is 9.62. The third-order valence-corrected chi connectivity index (χ3v) is 6.99. The van der Waals surface area contributed by atoms with Crippen LogP contribution in [0.2, 0.25) is 10.0 Å². The normalized spacial score (nSPS) is 13.6. The van der Waals surface area contributed by atoms with E-state index in [1.165, 1.54) is 24.3 Å². The molecule has 0 bridgehead atoms. The number of pyridine rings is 1. The Morgan fingerprint density at radius 1 is 1.03 bits per heavy atom. The zero-order valence-corrected chi connectivity index (χ0v) is 18.7. The smallest absolute Gasteiger partial charge is 0.261 e. The van der Waals surface area contributed by atoms with Gasteiger partial charge in [-0.2, -0.15) is 0 Å². The fourth-order valence-corrected chi connectivity index (χ4v) is 4.60. The fourth-order valence-electron chi connectivity index (χ4n) is 3.16. The molecule has 2 aromatic carbocycles. The van der Waals surface area contributed by atoms with Crippen molar-refractivity contribution < 1.29 is 13.2 Å². The molecule has 9 heteroatoms. The summed E-state index contributed by atoms with van der Waals surface area (Å²) in [5.74, 6) is -0.163. The van der Waals surface area contributed by atoms with E-state index in [0.717, 1.165) is 18.5 Å². The van der Waals surface area contributed by atoms with Gasteiger partial charge in [0.25, 0.3) is 15.9 Å². The summed E-state index contributed by atoms with van der Waals surface area (Å²) < 4.78 is 27.9. The molecule has 1 aliphatic carbocycles. The van der Waals surface area contributed by atoms with Crippen LogP contribution in [-0.4, -0.2) is 30.3 Å². The average molecular weight is 476 g/mol. The van der Waals surface area contributed by atoms with E-state index in [2.05, 4.69) is 9.71 Å². The van der Waals surface area contributed by atoms with Gasteiger partial charge in [-0.1, -0.05) is 35.3 Å². The molecule has 1 amide bonds. The van der Waals surface area contributed by atoms with E-state index in [4.69, 9.17) is 23.2 Å². The number of anilines is 1. The third kappa shape index (κ3) is 5.18. The van der Waals surface area contributed by atoms with Crippen LogP contribution in [0.4, 0.5) is 5.69 Å². The summed E-state index contributed by atoms with van der Waals surface area (Å²) in [4.78, 5) is 19.3. The molecule has 0 aliphatic heterocycles. The van der Waals surface area contributed by atoms with Gasteiger partial charge in [0.15, 0.2) is 0 Å². The highest BCUT2D eigenvalue weighted by molar-refractivity contribution is 7.92. The van der Waals surface area contributed by atoms with Gasteiger partial charge < -0.3 is 4.90 Å². The van der Waals surface area contributed by atoms with Gasteiger partial charge in [0, 0.05) is 23.5 Å². The minimum absolute atomic E-state index is 0.0200. The van der Waals surface area contributed by atoms with Crippen molar-refractivity contribution in [2.75, 3.05) is 4.72 Å². The first-order valence-corrected chi connectivity index (χ1v) is 11.9. The van der Waals surface area contributed by atoms with Crippen molar-refractivity contribution in [2.45, 2.75) is 30.3 Å². The molecule has 1 aliphatic rings. The Bertz CT molecular complexity index is 1220. The number of halogens is 2. The Balaban J connectivity index is 1.55. The lowest BCUT2D eigenvalue weighted by Crippen LogP contribution is -2.33. The van der Waals surface area contributed by atoms with Crippen LogP contribution in [0.25, 0.3) is 0 Å². The molecule has 0 unspecified atom stereocenters. The largest absolute Gasteiger partial charge is 0.330 e. The molecule has 0 saturated heterocycles. The molecular formula is C22H19Cl2N3O3S. The predicted octanol–water partition coefficient (Wildman–Crippen LogP) is 4.99. The van der Waals surface area contributed by atoms with Gasteiger partial charge in [0.1, 0.15) is 0 Å². The van der Waals surface area contributed by atoms with Gasteiger partial charge in [-0.05, 0) is 61.4 Å². The number of nitrogens with zero attached hydrogens (tertiary/aromatic N) is 2. The van der Waals surface area contributed by atoms with Crippen molar-refractivity contribution in [1.29, 1.82) is 0 Å². The number of amides is 1. The minimum atomic E-state index is -3.90. The van der Waals surface area contributed by atoms with Crippen LogP contribution in [0.5, 0.6) is 0 Å². The van der Waals surface area contributed by atoms with E-state index in [-0.39, 0.29) is 32.6 Å². The van der Waals surface area contributed by atoms with Crippen molar-refractivity contribution >= 4 is 44.8 Å². The summed E-state index contributed by atoms with van der Waals surface area (Å²) in [6, 6.07) is 16.3. The maximum absolute atomic E-state index is 13.2. The molecule has 4 rings (SSSR count). The second-order valence-electron chi connectivity index (χ2n) is 7.25. The molecule has 31 heavy (non-hydrogen) atoms. The Labute approximate surface area is 190 Å². The highest BCUT2D eigenvalue weighted by Gasteiger charge is 2.33. The molecule has 1 fully saturated rings. The number of carbonyl (C=O) groups is 1. The van der Waals surface area contributed by atoms with Crippen LogP contribution in [0.3, 0.4) is 0 Å². The number of carbonyl (C=O) groups excluding carboxylic acids is 1. The fraction of sp³-hybridized carbons (Fsp3) is 0.182. The van der Waals surface area contributed by atoms with Crippen LogP contribution in [0, 0.1) is 0 Å². The molecule has 1 heterocycles. The van der Waals surface area contributed by atoms with Crippen LogP contribution in [0.1, 0.15) is 28.9 Å². The number of rotatable bonds is 7. The molecule has 0 atom stereocenters. The lowest BCUT2D eigenvalue weighted by atomic mass is 10.1. The second kappa shape index (κ2) is 8.86. The number of nitrogens with one attached hydrogen (secondary N) is 1. The lowest BCUT2D eigenvalue weighted by Gasteiger charge is -2.22. The van der Waals surface area contributed by atoms with E-state index in [1.807, 2.05) is 18.2 Å². The average Bonchev–Trinajstić information content (AvgIpc) is 3.59. The van der Waals surface area contributed by atoms with Crippen LogP contribution in [-0.2, 0) is 16.6 Å². The van der Waals surface area contributed by atoms with E-state index >= 15 is 0 Å². The molecule has 6 nitrogen and oxygen atoms in total. The van der Waals surface area contributed by atoms with Gasteiger partial charge in [-0.15, -0.1) is 0 Å². The van der Waals surface area contributed by atoms with Crippen molar-refractivity contribution in [2.24, 2.45) is 0 Å². The van der Waals surface area contributed by atoms with Gasteiger partial charge >= 0.3 is 0 Å². The Morgan fingerprint density at radius 2 is 1.84 bits per heavy atom. The number of hydrogen-bond donors (Lipinski definition) is 1. The maximum atomic E-state index is 13.2. The maximum Gasteiger partial charge on any atom is 0.261 e. The van der Waals surface area contributed by atoms with E-state index in [9.17, 15) is 13.2 Å². The van der Waals surface area contributed by atoms with Crippen LogP contribution in [0.15, 0.2) is 71.8 Å². The molecule has 3 aromatic rings. The molecule has 1 saturated carbocycles. The Kier molecular flexibility index (Phi) is 6.18. The summed E-state index contributed by atoms with van der Waals surface area (Å²) in [7, 11) is -3.90. The molecule has 1 aromatic heterocycles. The van der Waals surface area contributed by atoms with Crippen molar-refractivity contribution in [3.05, 3.63) is 88.2 Å². The minimum Gasteiger partial charge on any atom is -0.330 e. The van der Waals surface area contributed by atoms with Crippen molar-refractivity contribution in [3.63, 3.8) is 0 Å². The highest BCUT2D eigenvalue weighted by atomic mass is 35.5. The first-order chi connectivity index (χ1) is 14.8. The van der Waals surface area contributed by atoms with E-state index in [0.29, 0.717) is 12.1 Å². The first kappa shape index (κ1) is 21.6. The van der Waals surface area contributed by atoms with Crippen molar-refractivity contribution in [1.82, 2.24) is 9.88 Å². The highest BCUT2D eigenvalue weighted by Crippen LogP contribution is 2.30. The molecule has 160 valence electrons. The quantitative estimate of drug-likeness (QED) is 0.521. The number of aromatic nitrogens is 1. The van der Waals surface area contributed by atoms with Gasteiger partial charge in [0.2, 0.25) is 0 Å². The molecule has 0 radical (unpaired) electrons. The van der Waals surface area contributed by atoms with Gasteiger partial charge in [0.05, 0.1) is 27.2 Å². The Hall–Kier alpha value is -2.61. The number of hydrogen-bond acceptors (Lipinski definition) is 4. The van der Waals surface area contributed by atoms with Gasteiger partial charge in [-0.3, -0.25) is 14.5 Å². The number of benzene rings is 2. The Morgan fingerprint density at radius 3 is 2.52 bits per heavy atom. The van der Waals surface area contributed by atoms with Crippen molar-refractivity contribution in [3.8, 4) is 0 Å². The SMILES string of the molecule is O=C(c1cccc(NS(=O)(=O)c2ccc(Cl)c(Cl)c2)c1)N(Cc1ccccn1)C1CC1. The summed E-state index contributed by atoms with van der Waals surface area (Å²) in [6.45, 7) is 0.406. The van der Waals surface area contributed by atoms with E-state index in [1.54, 1.807) is 29.3 Å². The molecule has 0 spiro atoms. The van der Waals surface area contributed by atoms with Crippen LogP contribution < -0.4 is 4.72 Å². The monoisotopic (exact) mass is 475 g/mol. The summed E-state index contributed by atoms with van der Waals surface area (Å²) >= 11 is 11.8.